The van der Waals surface area contributed by atoms with E-state index in [1.807, 2.05) is 20.8 Å². The average Bonchev–Trinajstić information content (AvgIpc) is 2.50. The molecule has 3 N–H and O–H groups in total. The molecule has 0 radical (unpaired) electrons. The Morgan fingerprint density at radius 3 is 2.08 bits per heavy atom. The zero-order valence-corrected chi connectivity index (χ0v) is 15.8. The molecule has 134 valence electrons. The van der Waals surface area contributed by atoms with Crippen LogP contribution in [0.1, 0.15) is 51.9 Å². The summed E-state index contributed by atoms with van der Waals surface area (Å²) < 4.78 is 0. The van der Waals surface area contributed by atoms with E-state index in [1.165, 1.54) is 0 Å². The third kappa shape index (κ3) is 4.73. The highest BCUT2D eigenvalue weighted by Gasteiger charge is 2.41. The van der Waals surface area contributed by atoms with Gasteiger partial charge < -0.3 is 16.0 Å². The fourth-order valence-electron chi connectivity index (χ4n) is 2.16. The lowest BCUT2D eigenvalue weighted by Crippen LogP contribution is -2.49. The Morgan fingerprint density at radius 2 is 1.62 bits per heavy atom. The largest absolute Gasteiger partial charge is 0.399 e. The van der Waals surface area contributed by atoms with Crippen molar-refractivity contribution in [1.29, 1.82) is 0 Å². The van der Waals surface area contributed by atoms with Gasteiger partial charge in [-0.25, -0.2) is 0 Å². The smallest absolute Gasteiger partial charge is 0.251 e. The summed E-state index contributed by atoms with van der Waals surface area (Å²) in [4.78, 5) is 26.7. The minimum Gasteiger partial charge on any atom is -0.399 e. The van der Waals surface area contributed by atoms with Crippen molar-refractivity contribution in [3.63, 3.8) is 0 Å². The van der Waals surface area contributed by atoms with Crippen LogP contribution in [0, 0.1) is 10.8 Å². The predicted octanol–water partition coefficient (Wildman–Crippen LogP) is 2.92. The van der Waals surface area contributed by atoms with Gasteiger partial charge in [-0.2, -0.15) is 0 Å². The number of amides is 2. The normalized spacial score (nSPS) is 11.9. The van der Waals surface area contributed by atoms with Crippen LogP contribution < -0.4 is 11.1 Å². The topological polar surface area (TPSA) is 75.4 Å². The number of nitrogens with two attached hydrogens (primary N) is 1. The number of carbonyl (C=O) groups excluding carboxylic acids is 2. The van der Waals surface area contributed by atoms with E-state index in [0.29, 0.717) is 30.9 Å². The van der Waals surface area contributed by atoms with Crippen LogP contribution in [0.15, 0.2) is 24.3 Å². The summed E-state index contributed by atoms with van der Waals surface area (Å²) in [6, 6.07) is 6.78. The van der Waals surface area contributed by atoms with Crippen molar-refractivity contribution in [3.05, 3.63) is 29.8 Å². The van der Waals surface area contributed by atoms with Crippen LogP contribution in [0.2, 0.25) is 0 Å². The van der Waals surface area contributed by atoms with Gasteiger partial charge in [-0.1, -0.05) is 34.6 Å². The molecular weight excluding hydrogens is 302 g/mol. The highest BCUT2D eigenvalue weighted by Crippen LogP contribution is 2.39. The highest BCUT2D eigenvalue weighted by atomic mass is 16.2. The maximum Gasteiger partial charge on any atom is 0.251 e. The van der Waals surface area contributed by atoms with Crippen LogP contribution in [0.3, 0.4) is 0 Å². The third-order valence-electron chi connectivity index (χ3n) is 4.92. The molecule has 1 rings (SSSR count). The molecule has 0 unspecified atom stereocenters. The van der Waals surface area contributed by atoms with E-state index in [4.69, 9.17) is 5.73 Å². The van der Waals surface area contributed by atoms with E-state index < -0.39 is 5.41 Å². The zero-order valence-electron chi connectivity index (χ0n) is 15.8. The van der Waals surface area contributed by atoms with Crippen LogP contribution in [0.25, 0.3) is 0 Å². The van der Waals surface area contributed by atoms with Gasteiger partial charge in [0.15, 0.2) is 0 Å². The minimum atomic E-state index is -0.468. The summed E-state index contributed by atoms with van der Waals surface area (Å²) in [5.74, 6) is -0.0483. The van der Waals surface area contributed by atoms with Gasteiger partial charge in [-0.15, -0.1) is 0 Å². The standard InChI is InChI=1S/C19H31N3O2/c1-7-22(17(24)19(5,6)18(2,3)4)13-12-21-16(23)14-8-10-15(20)11-9-14/h8-11H,7,12-13,20H2,1-6H3,(H,21,23). The number of rotatable bonds is 6. The second-order valence-corrected chi connectivity index (χ2v) is 7.64. The Labute approximate surface area is 145 Å². The van der Waals surface area contributed by atoms with Crippen molar-refractivity contribution in [2.45, 2.75) is 41.5 Å². The Hall–Kier alpha value is -2.04. The molecule has 0 aliphatic rings. The molecule has 0 bridgehead atoms. The van der Waals surface area contributed by atoms with Crippen molar-refractivity contribution in [3.8, 4) is 0 Å². The van der Waals surface area contributed by atoms with E-state index in [0.717, 1.165) is 0 Å². The van der Waals surface area contributed by atoms with E-state index in [1.54, 1.807) is 29.2 Å². The molecule has 5 nitrogen and oxygen atoms in total. The number of carbonyl (C=O) groups is 2. The van der Waals surface area contributed by atoms with Gasteiger partial charge in [0, 0.05) is 36.3 Å². The van der Waals surface area contributed by atoms with Crippen LogP contribution in [-0.2, 0) is 4.79 Å². The molecule has 1 aromatic carbocycles. The maximum atomic E-state index is 12.8. The van der Waals surface area contributed by atoms with Crippen LogP contribution in [0.5, 0.6) is 0 Å². The Bertz CT molecular complexity index is 571. The number of nitrogen functional groups attached to an aromatic ring is 1. The van der Waals surface area contributed by atoms with Crippen LogP contribution >= 0.6 is 0 Å². The molecule has 0 aliphatic heterocycles. The summed E-state index contributed by atoms with van der Waals surface area (Å²) >= 11 is 0. The number of likely N-dealkylation sites (N-methyl/N-ethyl adjacent to an activating group) is 1. The molecule has 2 amide bonds. The Kier molecular flexibility index (Phi) is 6.41. The molecule has 0 atom stereocenters. The number of hydrogen-bond donors (Lipinski definition) is 2. The lowest BCUT2D eigenvalue weighted by molar-refractivity contribution is -0.146. The van der Waals surface area contributed by atoms with E-state index in [9.17, 15) is 9.59 Å². The summed E-state index contributed by atoms with van der Waals surface area (Å²) in [6.45, 7) is 13.7. The first-order valence-electron chi connectivity index (χ1n) is 8.44. The summed E-state index contributed by atoms with van der Waals surface area (Å²) in [6.07, 6.45) is 0. The van der Waals surface area contributed by atoms with Gasteiger partial charge in [0.25, 0.3) is 5.91 Å². The van der Waals surface area contributed by atoms with E-state index >= 15 is 0 Å². The molecular formula is C19H31N3O2. The van der Waals surface area contributed by atoms with Crippen LogP contribution in [-0.4, -0.2) is 36.3 Å². The SMILES string of the molecule is CCN(CCNC(=O)c1ccc(N)cc1)C(=O)C(C)(C)C(C)(C)C. The Morgan fingerprint density at radius 1 is 1.08 bits per heavy atom. The predicted molar refractivity (Wildman–Crippen MR) is 98.7 cm³/mol. The third-order valence-corrected chi connectivity index (χ3v) is 4.92. The summed E-state index contributed by atoms with van der Waals surface area (Å²) in [5, 5.41) is 2.85. The number of nitrogens with one attached hydrogen (secondary N) is 1. The van der Waals surface area contributed by atoms with Gasteiger partial charge in [0.2, 0.25) is 5.91 Å². The fourth-order valence-corrected chi connectivity index (χ4v) is 2.16. The molecule has 0 aromatic heterocycles. The quantitative estimate of drug-likeness (QED) is 0.786. The van der Waals surface area contributed by atoms with Gasteiger partial charge in [0.05, 0.1) is 0 Å². The molecule has 0 saturated heterocycles. The molecule has 5 heteroatoms. The van der Waals surface area contributed by atoms with Gasteiger partial charge in [-0.3, -0.25) is 9.59 Å². The van der Waals surface area contributed by atoms with Gasteiger partial charge in [0.1, 0.15) is 0 Å². The monoisotopic (exact) mass is 333 g/mol. The zero-order chi connectivity index (χ0) is 18.5. The van der Waals surface area contributed by atoms with Gasteiger partial charge >= 0.3 is 0 Å². The number of nitrogens with zero attached hydrogens (tertiary/aromatic N) is 1. The summed E-state index contributed by atoms with van der Waals surface area (Å²) in [5.41, 5.74) is 6.20. The molecule has 0 spiro atoms. The van der Waals surface area contributed by atoms with Crippen molar-refractivity contribution in [2.24, 2.45) is 10.8 Å². The molecule has 0 fully saturated rings. The number of anilines is 1. The molecule has 0 saturated carbocycles. The Balaban J connectivity index is 2.62. The highest BCUT2D eigenvalue weighted by molar-refractivity contribution is 5.94. The second-order valence-electron chi connectivity index (χ2n) is 7.64. The molecule has 0 aliphatic carbocycles. The van der Waals surface area contributed by atoms with Crippen LogP contribution in [0.4, 0.5) is 5.69 Å². The van der Waals surface area contributed by atoms with Crippen molar-refractivity contribution >= 4 is 17.5 Å². The number of benzene rings is 1. The van der Waals surface area contributed by atoms with E-state index in [-0.39, 0.29) is 17.2 Å². The maximum absolute atomic E-state index is 12.8. The fraction of sp³-hybridized carbons (Fsp3) is 0.579. The lowest BCUT2D eigenvalue weighted by atomic mass is 9.68. The lowest BCUT2D eigenvalue weighted by Gasteiger charge is -2.40. The average molecular weight is 333 g/mol. The first-order chi connectivity index (χ1) is 11.0. The first-order valence-corrected chi connectivity index (χ1v) is 8.44. The molecule has 24 heavy (non-hydrogen) atoms. The van der Waals surface area contributed by atoms with Gasteiger partial charge in [-0.05, 0) is 36.6 Å². The number of hydrogen-bond acceptors (Lipinski definition) is 3. The van der Waals surface area contributed by atoms with Crippen molar-refractivity contribution in [1.82, 2.24) is 10.2 Å². The summed E-state index contributed by atoms with van der Waals surface area (Å²) in [7, 11) is 0. The van der Waals surface area contributed by atoms with Crippen molar-refractivity contribution in [2.75, 3.05) is 25.4 Å². The minimum absolute atomic E-state index is 0.110. The van der Waals surface area contributed by atoms with Crippen molar-refractivity contribution < 1.29 is 9.59 Å². The molecule has 1 aromatic rings. The molecule has 0 heterocycles. The second kappa shape index (κ2) is 7.69. The first kappa shape index (κ1) is 20.0. The van der Waals surface area contributed by atoms with E-state index in [2.05, 4.69) is 26.1 Å².